The topological polar surface area (TPSA) is 39.3 Å². The first-order chi connectivity index (χ1) is 14.6. The van der Waals surface area contributed by atoms with Gasteiger partial charge in [-0.25, -0.2) is 0 Å². The summed E-state index contributed by atoms with van der Waals surface area (Å²) >= 11 is 0. The van der Waals surface area contributed by atoms with E-state index in [1.165, 1.54) is 5.56 Å². The van der Waals surface area contributed by atoms with Gasteiger partial charge in [-0.3, -0.25) is 14.6 Å². The normalized spacial score (nSPS) is 26.6. The van der Waals surface area contributed by atoms with Gasteiger partial charge >= 0.3 is 0 Å². The number of hydrogen-bond donors (Lipinski definition) is 0. The van der Waals surface area contributed by atoms with E-state index in [2.05, 4.69) is 45.9 Å². The Hall–Kier alpha value is -1.63. The highest BCUT2D eigenvalue weighted by molar-refractivity contribution is 5.87. The number of carbonyl (C=O) groups is 1. The molecule has 0 N–H and O–H groups in total. The highest BCUT2D eigenvalue weighted by Crippen LogP contribution is 2.39. The van der Waals surface area contributed by atoms with Gasteiger partial charge in [-0.1, -0.05) is 25.1 Å². The predicted molar refractivity (Wildman–Crippen MR) is 120 cm³/mol. The van der Waals surface area contributed by atoms with Crippen molar-refractivity contribution in [2.75, 3.05) is 66.0 Å². The third kappa shape index (κ3) is 4.51. The number of carbonyl (C=O) groups excluding carboxylic acids is 1. The van der Waals surface area contributed by atoms with Crippen molar-refractivity contribution in [3.8, 4) is 5.75 Å². The molecule has 1 aromatic carbocycles. The van der Waals surface area contributed by atoms with Crippen LogP contribution in [0.5, 0.6) is 5.75 Å². The number of piperazine rings is 1. The van der Waals surface area contributed by atoms with Crippen LogP contribution in [0.15, 0.2) is 24.3 Å². The van der Waals surface area contributed by atoms with Gasteiger partial charge in [0.15, 0.2) is 0 Å². The summed E-state index contributed by atoms with van der Waals surface area (Å²) < 4.78 is 6.25. The van der Waals surface area contributed by atoms with Crippen LogP contribution in [0.25, 0.3) is 0 Å². The second-order valence-corrected chi connectivity index (χ2v) is 9.12. The Labute approximate surface area is 181 Å². The SMILES string of the molecule is CCN1CCN(CCOc2ccccc2CN2CCCC23CCCN(C)C3=O)CC1. The molecule has 1 amide bonds. The molecule has 6 nitrogen and oxygen atoms in total. The van der Waals surface area contributed by atoms with Crippen LogP contribution in [0, 0.1) is 0 Å². The van der Waals surface area contributed by atoms with Crippen LogP contribution in [0.4, 0.5) is 0 Å². The minimum Gasteiger partial charge on any atom is -0.492 e. The van der Waals surface area contributed by atoms with Gasteiger partial charge in [-0.2, -0.15) is 0 Å². The van der Waals surface area contributed by atoms with Gasteiger partial charge in [0.25, 0.3) is 0 Å². The molecule has 0 aliphatic carbocycles. The van der Waals surface area contributed by atoms with Gasteiger partial charge in [0, 0.05) is 58.4 Å². The van der Waals surface area contributed by atoms with Crippen LogP contribution in [0.1, 0.15) is 38.2 Å². The van der Waals surface area contributed by atoms with Crippen LogP contribution < -0.4 is 4.74 Å². The Morgan fingerprint density at radius 1 is 0.967 bits per heavy atom. The maximum atomic E-state index is 13.1. The van der Waals surface area contributed by atoms with E-state index < -0.39 is 0 Å². The van der Waals surface area contributed by atoms with Crippen molar-refractivity contribution in [1.29, 1.82) is 0 Å². The zero-order valence-electron chi connectivity index (χ0n) is 18.8. The van der Waals surface area contributed by atoms with Gasteiger partial charge < -0.3 is 14.5 Å². The van der Waals surface area contributed by atoms with E-state index in [9.17, 15) is 4.79 Å². The summed E-state index contributed by atoms with van der Waals surface area (Å²) in [7, 11) is 1.96. The number of piperidine rings is 1. The summed E-state index contributed by atoms with van der Waals surface area (Å²) in [6, 6.07) is 8.39. The summed E-state index contributed by atoms with van der Waals surface area (Å²) in [5.41, 5.74) is 0.912. The Morgan fingerprint density at radius 2 is 1.67 bits per heavy atom. The highest BCUT2D eigenvalue weighted by Gasteiger charge is 2.49. The molecule has 0 aromatic heterocycles. The molecule has 0 radical (unpaired) electrons. The lowest BCUT2D eigenvalue weighted by molar-refractivity contribution is -0.146. The van der Waals surface area contributed by atoms with Crippen molar-refractivity contribution in [3.05, 3.63) is 29.8 Å². The third-order valence-electron chi connectivity index (χ3n) is 7.36. The molecule has 3 aliphatic rings. The Morgan fingerprint density at radius 3 is 2.43 bits per heavy atom. The lowest BCUT2D eigenvalue weighted by atomic mass is 9.85. The second-order valence-electron chi connectivity index (χ2n) is 9.12. The van der Waals surface area contributed by atoms with Crippen LogP contribution in [-0.2, 0) is 11.3 Å². The number of nitrogens with zero attached hydrogens (tertiary/aromatic N) is 4. The quantitative estimate of drug-likeness (QED) is 0.685. The Kier molecular flexibility index (Phi) is 6.96. The van der Waals surface area contributed by atoms with Gasteiger partial charge in [0.1, 0.15) is 17.9 Å². The summed E-state index contributed by atoms with van der Waals surface area (Å²) in [5.74, 6) is 1.29. The summed E-state index contributed by atoms with van der Waals surface area (Å²) in [6.07, 6.45) is 4.18. The van der Waals surface area contributed by atoms with E-state index >= 15 is 0 Å². The van der Waals surface area contributed by atoms with Crippen molar-refractivity contribution in [2.24, 2.45) is 0 Å². The monoisotopic (exact) mass is 414 g/mol. The number of ether oxygens (including phenoxy) is 1. The number of hydrogen-bond acceptors (Lipinski definition) is 5. The summed E-state index contributed by atoms with van der Waals surface area (Å²) in [4.78, 5) is 22.4. The molecule has 3 fully saturated rings. The van der Waals surface area contributed by atoms with E-state index in [0.717, 1.165) is 96.9 Å². The van der Waals surface area contributed by atoms with Crippen molar-refractivity contribution < 1.29 is 9.53 Å². The minimum atomic E-state index is -0.293. The van der Waals surface area contributed by atoms with Crippen LogP contribution in [-0.4, -0.2) is 97.1 Å². The van der Waals surface area contributed by atoms with Gasteiger partial charge in [-0.05, 0) is 44.8 Å². The molecule has 1 spiro atoms. The molecule has 30 heavy (non-hydrogen) atoms. The molecule has 3 heterocycles. The zero-order chi connectivity index (χ0) is 21.0. The number of amides is 1. The molecule has 6 heteroatoms. The fourth-order valence-corrected chi connectivity index (χ4v) is 5.46. The lowest BCUT2D eigenvalue weighted by Crippen LogP contribution is -2.58. The maximum Gasteiger partial charge on any atom is 0.242 e. The molecule has 3 saturated heterocycles. The fourth-order valence-electron chi connectivity index (χ4n) is 5.46. The maximum absolute atomic E-state index is 13.1. The molecule has 3 aliphatic heterocycles. The average Bonchev–Trinajstić information content (AvgIpc) is 3.16. The van der Waals surface area contributed by atoms with Crippen molar-refractivity contribution in [3.63, 3.8) is 0 Å². The number of para-hydroxylation sites is 1. The molecule has 0 saturated carbocycles. The standard InChI is InChI=1S/C24H38N4O2/c1-3-26-14-16-27(17-15-26)18-19-30-22-9-5-4-8-21(22)20-28-13-7-11-24(28)10-6-12-25(2)23(24)29/h4-5,8-9H,3,6-7,10-20H2,1-2H3. The molecular weight excluding hydrogens is 376 g/mol. The summed E-state index contributed by atoms with van der Waals surface area (Å²) in [5, 5.41) is 0. The molecule has 4 rings (SSSR count). The first-order valence-corrected chi connectivity index (χ1v) is 11.8. The van der Waals surface area contributed by atoms with Crippen LogP contribution in [0.2, 0.25) is 0 Å². The number of likely N-dealkylation sites (tertiary alicyclic amines) is 2. The fraction of sp³-hybridized carbons (Fsp3) is 0.708. The summed E-state index contributed by atoms with van der Waals surface area (Å²) in [6.45, 7) is 12.3. The van der Waals surface area contributed by atoms with E-state index in [0.29, 0.717) is 5.91 Å². The number of likely N-dealkylation sites (N-methyl/N-ethyl adjacent to an activating group) is 2. The van der Waals surface area contributed by atoms with Crippen molar-refractivity contribution in [1.82, 2.24) is 19.6 Å². The number of benzene rings is 1. The van der Waals surface area contributed by atoms with Crippen molar-refractivity contribution >= 4 is 5.91 Å². The van der Waals surface area contributed by atoms with E-state index in [1.807, 2.05) is 11.9 Å². The molecule has 0 bridgehead atoms. The number of rotatable bonds is 7. The molecule has 1 aromatic rings. The van der Waals surface area contributed by atoms with E-state index in [4.69, 9.17) is 4.74 Å². The zero-order valence-corrected chi connectivity index (χ0v) is 18.8. The molecule has 1 unspecified atom stereocenters. The third-order valence-corrected chi connectivity index (χ3v) is 7.36. The predicted octanol–water partition coefficient (Wildman–Crippen LogP) is 2.29. The first-order valence-electron chi connectivity index (χ1n) is 11.8. The second kappa shape index (κ2) is 9.67. The Bertz CT molecular complexity index is 719. The molecular formula is C24H38N4O2. The smallest absolute Gasteiger partial charge is 0.242 e. The van der Waals surface area contributed by atoms with E-state index in [1.54, 1.807) is 0 Å². The lowest BCUT2D eigenvalue weighted by Gasteiger charge is -2.43. The van der Waals surface area contributed by atoms with E-state index in [-0.39, 0.29) is 5.54 Å². The van der Waals surface area contributed by atoms with Gasteiger partial charge in [-0.15, -0.1) is 0 Å². The molecule has 1 atom stereocenters. The molecule has 166 valence electrons. The largest absolute Gasteiger partial charge is 0.492 e. The highest BCUT2D eigenvalue weighted by atomic mass is 16.5. The Balaban J connectivity index is 1.36. The minimum absolute atomic E-state index is 0.293. The van der Waals surface area contributed by atoms with Crippen LogP contribution in [0.3, 0.4) is 0 Å². The average molecular weight is 415 g/mol. The van der Waals surface area contributed by atoms with Gasteiger partial charge in [0.2, 0.25) is 5.91 Å². The first kappa shape index (κ1) is 21.6. The van der Waals surface area contributed by atoms with Crippen molar-refractivity contribution in [2.45, 2.75) is 44.7 Å². The van der Waals surface area contributed by atoms with Gasteiger partial charge in [0.05, 0.1) is 0 Å². The van der Waals surface area contributed by atoms with Crippen LogP contribution >= 0.6 is 0 Å².